The Hall–Kier alpha value is -1.47. The third-order valence-electron chi connectivity index (χ3n) is 2.15. The van der Waals surface area contributed by atoms with Gasteiger partial charge >= 0.3 is 0 Å². The summed E-state index contributed by atoms with van der Waals surface area (Å²) in [5.41, 5.74) is 3.39. The number of halogens is 1. The van der Waals surface area contributed by atoms with E-state index in [1.807, 2.05) is 36.4 Å². The first kappa shape index (κ1) is 10.1. The van der Waals surface area contributed by atoms with Crippen molar-refractivity contribution >= 4 is 23.0 Å². The molecule has 0 aliphatic heterocycles. The van der Waals surface area contributed by atoms with Crippen molar-refractivity contribution in [1.29, 1.82) is 0 Å². The first-order valence-electron chi connectivity index (χ1n) is 4.83. The van der Waals surface area contributed by atoms with E-state index in [2.05, 4.69) is 24.4 Å². The van der Waals surface area contributed by atoms with Crippen LogP contribution in [0.2, 0.25) is 5.02 Å². The number of rotatable bonds is 2. The molecule has 0 unspecified atom stereocenters. The lowest BCUT2D eigenvalue weighted by atomic mass is 10.2. The van der Waals surface area contributed by atoms with Crippen molar-refractivity contribution in [1.82, 2.24) is 0 Å². The Bertz CT molecular complexity index is 448. The molecule has 2 aromatic carbocycles. The second-order valence-corrected chi connectivity index (χ2v) is 3.94. The zero-order valence-electron chi connectivity index (χ0n) is 8.50. The molecule has 0 atom stereocenters. The summed E-state index contributed by atoms with van der Waals surface area (Å²) in [4.78, 5) is 0. The van der Waals surface area contributed by atoms with Gasteiger partial charge in [0.25, 0.3) is 0 Å². The molecule has 0 aromatic heterocycles. The van der Waals surface area contributed by atoms with Gasteiger partial charge < -0.3 is 5.32 Å². The summed E-state index contributed by atoms with van der Waals surface area (Å²) in [5, 5.41) is 4.07. The van der Waals surface area contributed by atoms with E-state index in [1.54, 1.807) is 0 Å². The molecule has 1 nitrogen and oxygen atoms in total. The van der Waals surface area contributed by atoms with Crippen LogP contribution in [-0.2, 0) is 0 Å². The minimum atomic E-state index is 0.754. The molecule has 0 aliphatic rings. The Labute approximate surface area is 94.7 Å². The molecule has 2 heteroatoms. The topological polar surface area (TPSA) is 12.0 Å². The molecule has 76 valence electrons. The molecule has 1 N–H and O–H groups in total. The van der Waals surface area contributed by atoms with Crippen LogP contribution >= 0.6 is 11.6 Å². The zero-order valence-corrected chi connectivity index (χ0v) is 9.25. The SMILES string of the molecule is Cc1cccc(Nc2ccc(Cl)cc2)c1. The van der Waals surface area contributed by atoms with E-state index < -0.39 is 0 Å². The normalized spacial score (nSPS) is 10.0. The second-order valence-electron chi connectivity index (χ2n) is 3.50. The molecule has 2 aromatic rings. The number of benzene rings is 2. The molecule has 0 aliphatic carbocycles. The van der Waals surface area contributed by atoms with Crippen molar-refractivity contribution in [3.8, 4) is 0 Å². The summed E-state index contributed by atoms with van der Waals surface area (Å²) in [6.07, 6.45) is 0. The van der Waals surface area contributed by atoms with E-state index in [0.717, 1.165) is 16.4 Å². The zero-order chi connectivity index (χ0) is 10.7. The van der Waals surface area contributed by atoms with E-state index in [-0.39, 0.29) is 0 Å². The smallest absolute Gasteiger partial charge is 0.0407 e. The van der Waals surface area contributed by atoms with Gasteiger partial charge in [0.05, 0.1) is 0 Å². The minimum absolute atomic E-state index is 0.754. The molecule has 15 heavy (non-hydrogen) atoms. The predicted molar refractivity (Wildman–Crippen MR) is 65.9 cm³/mol. The molecule has 0 bridgehead atoms. The maximum atomic E-state index is 5.81. The van der Waals surface area contributed by atoms with Gasteiger partial charge in [-0.3, -0.25) is 0 Å². The van der Waals surface area contributed by atoms with Gasteiger partial charge in [-0.15, -0.1) is 0 Å². The average molecular weight is 218 g/mol. The van der Waals surface area contributed by atoms with Gasteiger partial charge in [-0.2, -0.15) is 0 Å². The fourth-order valence-electron chi connectivity index (χ4n) is 1.42. The van der Waals surface area contributed by atoms with Gasteiger partial charge in [0.15, 0.2) is 0 Å². The van der Waals surface area contributed by atoms with Crippen molar-refractivity contribution in [3.05, 3.63) is 59.1 Å². The van der Waals surface area contributed by atoms with Crippen molar-refractivity contribution < 1.29 is 0 Å². The summed E-state index contributed by atoms with van der Waals surface area (Å²) in [7, 11) is 0. The van der Waals surface area contributed by atoms with Crippen molar-refractivity contribution in [2.24, 2.45) is 0 Å². The maximum absolute atomic E-state index is 5.81. The van der Waals surface area contributed by atoms with Crippen LogP contribution in [0.1, 0.15) is 5.56 Å². The summed E-state index contributed by atoms with van der Waals surface area (Å²) in [6, 6.07) is 15.9. The monoisotopic (exact) mass is 217 g/mol. The van der Waals surface area contributed by atoms with E-state index in [1.165, 1.54) is 5.56 Å². The lowest BCUT2D eigenvalue weighted by molar-refractivity contribution is 1.45. The van der Waals surface area contributed by atoms with Crippen molar-refractivity contribution in [2.75, 3.05) is 5.32 Å². The van der Waals surface area contributed by atoms with Gasteiger partial charge in [0.2, 0.25) is 0 Å². The molecule has 0 spiro atoms. The van der Waals surface area contributed by atoms with Crippen LogP contribution in [0.4, 0.5) is 11.4 Å². The summed E-state index contributed by atoms with van der Waals surface area (Å²) >= 11 is 5.81. The Morgan fingerprint density at radius 3 is 2.33 bits per heavy atom. The van der Waals surface area contributed by atoms with Crippen LogP contribution in [0.3, 0.4) is 0 Å². The Morgan fingerprint density at radius 1 is 0.933 bits per heavy atom. The average Bonchev–Trinajstić information content (AvgIpc) is 2.22. The Balaban J connectivity index is 2.18. The van der Waals surface area contributed by atoms with E-state index in [4.69, 9.17) is 11.6 Å². The van der Waals surface area contributed by atoms with Gasteiger partial charge in [-0.1, -0.05) is 23.7 Å². The van der Waals surface area contributed by atoms with E-state index >= 15 is 0 Å². The number of aryl methyl sites for hydroxylation is 1. The van der Waals surface area contributed by atoms with Crippen LogP contribution < -0.4 is 5.32 Å². The van der Waals surface area contributed by atoms with E-state index in [9.17, 15) is 0 Å². The summed E-state index contributed by atoms with van der Waals surface area (Å²) < 4.78 is 0. The highest BCUT2D eigenvalue weighted by Gasteiger charge is 1.94. The van der Waals surface area contributed by atoms with Gasteiger partial charge in [0.1, 0.15) is 0 Å². The standard InChI is InChI=1S/C13H12ClN/c1-10-3-2-4-13(9-10)15-12-7-5-11(14)6-8-12/h2-9,15H,1H3. The molecular weight excluding hydrogens is 206 g/mol. The molecule has 2 rings (SSSR count). The van der Waals surface area contributed by atoms with Gasteiger partial charge in [-0.25, -0.2) is 0 Å². The second kappa shape index (κ2) is 4.37. The maximum Gasteiger partial charge on any atom is 0.0407 e. The lowest BCUT2D eigenvalue weighted by Crippen LogP contribution is -1.89. The Kier molecular flexibility index (Phi) is 2.93. The predicted octanol–water partition coefficient (Wildman–Crippen LogP) is 4.39. The minimum Gasteiger partial charge on any atom is -0.356 e. The molecule has 0 saturated carbocycles. The van der Waals surface area contributed by atoms with Crippen LogP contribution in [-0.4, -0.2) is 0 Å². The summed E-state index contributed by atoms with van der Waals surface area (Å²) in [6.45, 7) is 2.08. The largest absolute Gasteiger partial charge is 0.356 e. The number of nitrogens with one attached hydrogen (secondary N) is 1. The fourth-order valence-corrected chi connectivity index (χ4v) is 1.55. The lowest BCUT2D eigenvalue weighted by Gasteiger charge is -2.06. The highest BCUT2D eigenvalue weighted by Crippen LogP contribution is 2.19. The molecule has 0 radical (unpaired) electrons. The van der Waals surface area contributed by atoms with Crippen molar-refractivity contribution in [2.45, 2.75) is 6.92 Å². The summed E-state index contributed by atoms with van der Waals surface area (Å²) in [5.74, 6) is 0. The van der Waals surface area contributed by atoms with Crippen LogP contribution in [0.15, 0.2) is 48.5 Å². The molecule has 0 amide bonds. The van der Waals surface area contributed by atoms with Crippen LogP contribution in [0.5, 0.6) is 0 Å². The van der Waals surface area contributed by atoms with Gasteiger partial charge in [-0.05, 0) is 48.9 Å². The fraction of sp³-hybridized carbons (Fsp3) is 0.0769. The first-order valence-corrected chi connectivity index (χ1v) is 5.21. The van der Waals surface area contributed by atoms with E-state index in [0.29, 0.717) is 0 Å². The van der Waals surface area contributed by atoms with Gasteiger partial charge in [0, 0.05) is 16.4 Å². The number of anilines is 2. The highest BCUT2D eigenvalue weighted by molar-refractivity contribution is 6.30. The third-order valence-corrected chi connectivity index (χ3v) is 2.40. The number of hydrogen-bond acceptors (Lipinski definition) is 1. The molecule has 0 saturated heterocycles. The van der Waals surface area contributed by atoms with Crippen LogP contribution in [0, 0.1) is 6.92 Å². The van der Waals surface area contributed by atoms with Crippen molar-refractivity contribution in [3.63, 3.8) is 0 Å². The Morgan fingerprint density at radius 2 is 1.67 bits per heavy atom. The first-order chi connectivity index (χ1) is 7.24. The van der Waals surface area contributed by atoms with Crippen LogP contribution in [0.25, 0.3) is 0 Å². The molecule has 0 fully saturated rings. The highest BCUT2D eigenvalue weighted by atomic mass is 35.5. The molecular formula is C13H12ClN. The quantitative estimate of drug-likeness (QED) is 0.787. The third kappa shape index (κ3) is 2.74. The molecule has 0 heterocycles. The number of hydrogen-bond donors (Lipinski definition) is 1.